The van der Waals surface area contributed by atoms with Gasteiger partial charge in [0.15, 0.2) is 0 Å². The number of nitrogens with one attached hydrogen (secondary N) is 3. The van der Waals surface area contributed by atoms with E-state index in [2.05, 4.69) is 20.6 Å². The van der Waals surface area contributed by atoms with E-state index in [1.54, 1.807) is 12.5 Å². The molecule has 0 radical (unpaired) electrons. The summed E-state index contributed by atoms with van der Waals surface area (Å²) in [7, 11) is 0. The van der Waals surface area contributed by atoms with Gasteiger partial charge in [-0.25, -0.2) is 4.98 Å². The Morgan fingerprint density at radius 2 is 2.33 bits per heavy atom. The second kappa shape index (κ2) is 4.72. The Labute approximate surface area is 107 Å². The molecule has 5 heteroatoms. The number of carbonyl (C=O) groups is 1. The predicted molar refractivity (Wildman–Crippen MR) is 67.9 cm³/mol. The highest BCUT2D eigenvalue weighted by molar-refractivity contribution is 5.82. The third kappa shape index (κ3) is 2.27. The molecule has 1 aromatic rings. The number of hydrogen-bond donors (Lipinski definition) is 3. The number of carbonyl (C=O) groups excluding carboxylic acids is 1. The van der Waals surface area contributed by atoms with Crippen molar-refractivity contribution in [2.75, 3.05) is 19.6 Å². The fourth-order valence-electron chi connectivity index (χ4n) is 3.06. The van der Waals surface area contributed by atoms with Gasteiger partial charge in [0.25, 0.3) is 0 Å². The first-order valence-corrected chi connectivity index (χ1v) is 6.76. The van der Waals surface area contributed by atoms with Gasteiger partial charge < -0.3 is 15.6 Å². The highest BCUT2D eigenvalue weighted by Gasteiger charge is 2.57. The van der Waals surface area contributed by atoms with Crippen LogP contribution in [0.1, 0.15) is 25.0 Å². The van der Waals surface area contributed by atoms with Crippen LogP contribution in [0.15, 0.2) is 12.5 Å². The van der Waals surface area contributed by atoms with Crippen molar-refractivity contribution in [3.05, 3.63) is 18.2 Å². The molecule has 1 saturated carbocycles. The minimum atomic E-state index is 0.247. The zero-order valence-electron chi connectivity index (χ0n) is 10.5. The molecule has 0 aromatic carbocycles. The molecule has 1 atom stereocenters. The van der Waals surface area contributed by atoms with Gasteiger partial charge >= 0.3 is 0 Å². The molecule has 1 aromatic heterocycles. The lowest BCUT2D eigenvalue weighted by Crippen LogP contribution is -2.34. The highest BCUT2D eigenvalue weighted by Crippen LogP contribution is 2.58. The van der Waals surface area contributed by atoms with Gasteiger partial charge in [-0.05, 0) is 37.8 Å². The number of aromatic amines is 1. The van der Waals surface area contributed by atoms with Gasteiger partial charge in [-0.2, -0.15) is 0 Å². The Morgan fingerprint density at radius 3 is 3.06 bits per heavy atom. The maximum atomic E-state index is 12.0. The predicted octanol–water partition coefficient (Wildman–Crippen LogP) is 0.458. The number of amides is 1. The number of rotatable bonds is 4. The second-order valence-corrected chi connectivity index (χ2v) is 5.49. The molecule has 1 saturated heterocycles. The summed E-state index contributed by atoms with van der Waals surface area (Å²) < 4.78 is 0. The average molecular weight is 248 g/mol. The van der Waals surface area contributed by atoms with Crippen molar-refractivity contribution in [3.63, 3.8) is 0 Å². The van der Waals surface area contributed by atoms with Crippen LogP contribution in [0.5, 0.6) is 0 Å². The van der Waals surface area contributed by atoms with Gasteiger partial charge in [-0.15, -0.1) is 0 Å². The molecule has 1 spiro atoms. The molecule has 3 N–H and O–H groups in total. The Hall–Kier alpha value is -1.36. The van der Waals surface area contributed by atoms with Gasteiger partial charge in [0.2, 0.25) is 5.91 Å². The largest absolute Gasteiger partial charge is 0.355 e. The first kappa shape index (κ1) is 11.7. The van der Waals surface area contributed by atoms with Crippen LogP contribution in [0.2, 0.25) is 0 Å². The number of aromatic nitrogens is 2. The summed E-state index contributed by atoms with van der Waals surface area (Å²) in [6.07, 6.45) is 7.70. The number of H-pyrrole nitrogens is 1. The first-order valence-electron chi connectivity index (χ1n) is 6.76. The van der Waals surface area contributed by atoms with Crippen LogP contribution in [-0.2, 0) is 11.2 Å². The van der Waals surface area contributed by atoms with E-state index in [0.717, 1.165) is 44.5 Å². The third-order valence-electron chi connectivity index (χ3n) is 4.35. The van der Waals surface area contributed by atoms with Crippen LogP contribution in [0, 0.1) is 11.3 Å². The number of imidazole rings is 1. The van der Waals surface area contributed by atoms with E-state index in [1.165, 1.54) is 0 Å². The molecule has 0 bridgehead atoms. The van der Waals surface area contributed by atoms with Gasteiger partial charge in [0, 0.05) is 30.8 Å². The van der Waals surface area contributed by atoms with Crippen LogP contribution in [0.25, 0.3) is 0 Å². The van der Waals surface area contributed by atoms with Gasteiger partial charge in [0.1, 0.15) is 0 Å². The number of nitrogens with zero attached hydrogens (tertiary/aromatic N) is 1. The Bertz CT molecular complexity index is 409. The molecular formula is C13H20N4O. The number of piperidine rings is 1. The lowest BCUT2D eigenvalue weighted by Gasteiger charge is -2.23. The molecule has 2 heterocycles. The van der Waals surface area contributed by atoms with E-state index in [0.29, 0.717) is 12.0 Å². The van der Waals surface area contributed by atoms with E-state index >= 15 is 0 Å². The fraction of sp³-hybridized carbons (Fsp3) is 0.692. The molecule has 2 fully saturated rings. The van der Waals surface area contributed by atoms with Crippen LogP contribution in [-0.4, -0.2) is 35.5 Å². The molecule has 1 aliphatic heterocycles. The van der Waals surface area contributed by atoms with Crippen LogP contribution in [0.4, 0.5) is 0 Å². The normalized spacial score (nSPS) is 25.0. The quantitative estimate of drug-likeness (QED) is 0.725. The van der Waals surface area contributed by atoms with Crippen molar-refractivity contribution in [3.8, 4) is 0 Å². The standard InChI is InChI=1S/C13H20N4O/c18-12(16-4-1-10-8-15-9-17-10)11-7-13(11)2-5-14-6-3-13/h8-9,11,14H,1-7H2,(H,15,17)(H,16,18). The summed E-state index contributed by atoms with van der Waals surface area (Å²) in [5.74, 6) is 0.512. The summed E-state index contributed by atoms with van der Waals surface area (Å²) >= 11 is 0. The van der Waals surface area contributed by atoms with Crippen molar-refractivity contribution in [1.82, 2.24) is 20.6 Å². The summed E-state index contributed by atoms with van der Waals surface area (Å²) in [6, 6.07) is 0. The summed E-state index contributed by atoms with van der Waals surface area (Å²) in [6.45, 7) is 2.84. The maximum absolute atomic E-state index is 12.0. The minimum absolute atomic E-state index is 0.247. The monoisotopic (exact) mass is 248 g/mol. The highest BCUT2D eigenvalue weighted by atomic mass is 16.2. The Morgan fingerprint density at radius 1 is 1.50 bits per heavy atom. The van der Waals surface area contributed by atoms with Crippen LogP contribution >= 0.6 is 0 Å². The SMILES string of the molecule is O=C(NCCc1cnc[nH]1)C1CC12CCNCC2. The average Bonchev–Trinajstić information content (AvgIpc) is 2.85. The molecule has 98 valence electrons. The molecule has 1 unspecified atom stereocenters. The Kier molecular flexibility index (Phi) is 3.07. The van der Waals surface area contributed by atoms with Crippen molar-refractivity contribution in [2.45, 2.75) is 25.7 Å². The number of hydrogen-bond acceptors (Lipinski definition) is 3. The lowest BCUT2D eigenvalue weighted by atomic mass is 9.92. The van der Waals surface area contributed by atoms with E-state index < -0.39 is 0 Å². The van der Waals surface area contributed by atoms with Crippen molar-refractivity contribution in [2.24, 2.45) is 11.3 Å². The molecule has 1 amide bonds. The van der Waals surface area contributed by atoms with Crippen molar-refractivity contribution >= 4 is 5.91 Å². The summed E-state index contributed by atoms with van der Waals surface area (Å²) in [5.41, 5.74) is 1.41. The zero-order valence-corrected chi connectivity index (χ0v) is 10.5. The Balaban J connectivity index is 1.43. The van der Waals surface area contributed by atoms with Gasteiger partial charge in [0.05, 0.1) is 6.33 Å². The third-order valence-corrected chi connectivity index (χ3v) is 4.35. The van der Waals surface area contributed by atoms with Crippen LogP contribution < -0.4 is 10.6 Å². The topological polar surface area (TPSA) is 69.8 Å². The smallest absolute Gasteiger partial charge is 0.223 e. The molecule has 18 heavy (non-hydrogen) atoms. The van der Waals surface area contributed by atoms with Gasteiger partial charge in [-0.3, -0.25) is 4.79 Å². The van der Waals surface area contributed by atoms with Gasteiger partial charge in [-0.1, -0.05) is 0 Å². The van der Waals surface area contributed by atoms with Crippen LogP contribution in [0.3, 0.4) is 0 Å². The van der Waals surface area contributed by atoms with E-state index in [9.17, 15) is 4.79 Å². The molecule has 3 rings (SSSR count). The zero-order chi connectivity index (χ0) is 12.4. The summed E-state index contributed by atoms with van der Waals surface area (Å²) in [4.78, 5) is 19.1. The molecular weight excluding hydrogens is 228 g/mol. The maximum Gasteiger partial charge on any atom is 0.223 e. The molecule has 5 nitrogen and oxygen atoms in total. The van der Waals surface area contributed by atoms with E-state index in [4.69, 9.17) is 0 Å². The van der Waals surface area contributed by atoms with Crippen molar-refractivity contribution in [1.29, 1.82) is 0 Å². The summed E-state index contributed by atoms with van der Waals surface area (Å²) in [5, 5.41) is 6.41. The van der Waals surface area contributed by atoms with E-state index in [-0.39, 0.29) is 11.8 Å². The van der Waals surface area contributed by atoms with Crippen molar-refractivity contribution < 1.29 is 4.79 Å². The molecule has 1 aliphatic carbocycles. The molecule has 2 aliphatic rings. The van der Waals surface area contributed by atoms with E-state index in [1.807, 2.05) is 0 Å². The second-order valence-electron chi connectivity index (χ2n) is 5.49. The lowest BCUT2D eigenvalue weighted by molar-refractivity contribution is -0.123. The first-order chi connectivity index (χ1) is 8.80. The minimum Gasteiger partial charge on any atom is -0.355 e. The fourth-order valence-corrected chi connectivity index (χ4v) is 3.06.